The van der Waals surface area contributed by atoms with Gasteiger partial charge in [0.05, 0.1) is 18.0 Å². The Kier molecular flexibility index (Phi) is 3.77. The molecule has 3 nitrogen and oxygen atoms in total. The average Bonchev–Trinajstić information content (AvgIpc) is 3.09. The summed E-state index contributed by atoms with van der Waals surface area (Å²) in [5, 5.41) is 3.50. The molecule has 94 valence electrons. The van der Waals surface area contributed by atoms with Crippen molar-refractivity contribution in [2.75, 3.05) is 17.7 Å². The Balaban J connectivity index is 2.02. The zero-order chi connectivity index (χ0) is 12.3. The molecular weight excluding hydrogens is 212 g/mol. The normalized spacial score (nSPS) is 22.2. The number of para-hydroxylation sites is 1. The van der Waals surface area contributed by atoms with Gasteiger partial charge in [0.2, 0.25) is 0 Å². The predicted octanol–water partition coefficient (Wildman–Crippen LogP) is 3.27. The first-order valence-corrected chi connectivity index (χ1v) is 6.54. The Labute approximate surface area is 103 Å². The van der Waals surface area contributed by atoms with E-state index in [1.165, 1.54) is 12.8 Å². The van der Waals surface area contributed by atoms with Crippen LogP contribution >= 0.6 is 0 Å². The Morgan fingerprint density at radius 3 is 2.88 bits per heavy atom. The summed E-state index contributed by atoms with van der Waals surface area (Å²) in [5.41, 5.74) is 7.85. The maximum absolute atomic E-state index is 6.10. The molecule has 0 aliphatic heterocycles. The number of nitrogens with two attached hydrogens (primary N) is 1. The van der Waals surface area contributed by atoms with Crippen molar-refractivity contribution in [3.63, 3.8) is 0 Å². The van der Waals surface area contributed by atoms with Crippen LogP contribution in [0.15, 0.2) is 18.2 Å². The van der Waals surface area contributed by atoms with Gasteiger partial charge in [0.1, 0.15) is 5.75 Å². The maximum atomic E-state index is 6.10. The van der Waals surface area contributed by atoms with Crippen LogP contribution in [0.4, 0.5) is 11.4 Å². The van der Waals surface area contributed by atoms with Crippen LogP contribution in [0.2, 0.25) is 0 Å². The van der Waals surface area contributed by atoms with E-state index >= 15 is 0 Å². The predicted molar refractivity (Wildman–Crippen MR) is 72.4 cm³/mol. The van der Waals surface area contributed by atoms with Gasteiger partial charge in [0.25, 0.3) is 0 Å². The summed E-state index contributed by atoms with van der Waals surface area (Å²) < 4.78 is 5.62. The second kappa shape index (κ2) is 5.30. The molecule has 1 aliphatic rings. The molecule has 1 fully saturated rings. The van der Waals surface area contributed by atoms with Gasteiger partial charge in [0.15, 0.2) is 0 Å². The van der Waals surface area contributed by atoms with Gasteiger partial charge in [-0.3, -0.25) is 0 Å². The summed E-state index contributed by atoms with van der Waals surface area (Å²) >= 11 is 0. The van der Waals surface area contributed by atoms with Gasteiger partial charge in [-0.1, -0.05) is 26.3 Å². The van der Waals surface area contributed by atoms with Crippen LogP contribution in [0.5, 0.6) is 5.75 Å². The molecule has 2 atom stereocenters. The zero-order valence-electron chi connectivity index (χ0n) is 10.7. The van der Waals surface area contributed by atoms with Crippen LogP contribution in [-0.4, -0.2) is 12.6 Å². The van der Waals surface area contributed by atoms with E-state index in [9.17, 15) is 0 Å². The first-order chi connectivity index (χ1) is 8.26. The van der Waals surface area contributed by atoms with Crippen molar-refractivity contribution in [2.24, 2.45) is 5.92 Å². The molecule has 0 heterocycles. The molecule has 1 saturated carbocycles. The quantitative estimate of drug-likeness (QED) is 0.743. The molecule has 3 N–H and O–H groups in total. The van der Waals surface area contributed by atoms with Gasteiger partial charge in [0, 0.05) is 6.04 Å². The summed E-state index contributed by atoms with van der Waals surface area (Å²) in [6.07, 6.45) is 3.50. The van der Waals surface area contributed by atoms with Crippen molar-refractivity contribution in [3.8, 4) is 5.75 Å². The van der Waals surface area contributed by atoms with Gasteiger partial charge >= 0.3 is 0 Å². The number of rotatable bonds is 6. The number of hydrogen-bond donors (Lipinski definition) is 2. The fourth-order valence-corrected chi connectivity index (χ4v) is 2.08. The number of nitrogens with one attached hydrogen (secondary N) is 1. The largest absolute Gasteiger partial charge is 0.491 e. The molecule has 3 heteroatoms. The topological polar surface area (TPSA) is 47.3 Å². The third kappa shape index (κ3) is 2.84. The molecule has 0 saturated heterocycles. The molecule has 17 heavy (non-hydrogen) atoms. The molecule has 2 rings (SSSR count). The molecule has 0 bridgehead atoms. The highest BCUT2D eigenvalue weighted by Gasteiger charge is 2.35. The molecule has 2 unspecified atom stereocenters. The molecule has 0 amide bonds. The molecule has 1 aromatic carbocycles. The third-order valence-electron chi connectivity index (χ3n) is 3.32. The lowest BCUT2D eigenvalue weighted by molar-refractivity contribution is 0.319. The minimum Gasteiger partial charge on any atom is -0.491 e. The van der Waals surface area contributed by atoms with Crippen LogP contribution in [0, 0.1) is 5.92 Å². The Hall–Kier alpha value is -1.38. The maximum Gasteiger partial charge on any atom is 0.144 e. The fourth-order valence-electron chi connectivity index (χ4n) is 2.08. The molecule has 1 aromatic rings. The van der Waals surface area contributed by atoms with E-state index in [4.69, 9.17) is 10.5 Å². The summed E-state index contributed by atoms with van der Waals surface area (Å²) in [6, 6.07) is 6.55. The van der Waals surface area contributed by atoms with Crippen molar-refractivity contribution < 1.29 is 4.74 Å². The Morgan fingerprint density at radius 2 is 2.24 bits per heavy atom. The van der Waals surface area contributed by atoms with E-state index in [-0.39, 0.29) is 0 Å². The van der Waals surface area contributed by atoms with E-state index < -0.39 is 0 Å². The smallest absolute Gasteiger partial charge is 0.144 e. The summed E-state index contributed by atoms with van der Waals surface area (Å²) in [4.78, 5) is 0. The summed E-state index contributed by atoms with van der Waals surface area (Å²) in [7, 11) is 0. The number of anilines is 2. The van der Waals surface area contributed by atoms with E-state index in [1.807, 2.05) is 18.2 Å². The number of ether oxygens (including phenoxy) is 1. The molecule has 0 aromatic heterocycles. The molecule has 1 aliphatic carbocycles. The first-order valence-electron chi connectivity index (χ1n) is 6.54. The Morgan fingerprint density at radius 1 is 1.41 bits per heavy atom. The highest BCUT2D eigenvalue weighted by molar-refractivity contribution is 5.73. The van der Waals surface area contributed by atoms with Gasteiger partial charge in [-0.2, -0.15) is 0 Å². The highest BCUT2D eigenvalue weighted by atomic mass is 16.5. The average molecular weight is 234 g/mol. The minimum atomic E-state index is 0.601. The number of benzene rings is 1. The van der Waals surface area contributed by atoms with Gasteiger partial charge in [-0.15, -0.1) is 0 Å². The molecular formula is C14H22N2O. The van der Waals surface area contributed by atoms with Crippen LogP contribution in [-0.2, 0) is 0 Å². The van der Waals surface area contributed by atoms with E-state index in [0.29, 0.717) is 12.6 Å². The van der Waals surface area contributed by atoms with Gasteiger partial charge in [-0.25, -0.2) is 0 Å². The van der Waals surface area contributed by atoms with Crippen molar-refractivity contribution in [1.82, 2.24) is 0 Å². The van der Waals surface area contributed by atoms with Crippen molar-refractivity contribution in [2.45, 2.75) is 39.2 Å². The lowest BCUT2D eigenvalue weighted by Crippen LogP contribution is -2.08. The second-order valence-corrected chi connectivity index (χ2v) is 4.72. The zero-order valence-corrected chi connectivity index (χ0v) is 10.7. The highest BCUT2D eigenvalue weighted by Crippen LogP contribution is 2.39. The number of hydrogen-bond acceptors (Lipinski definition) is 3. The second-order valence-electron chi connectivity index (χ2n) is 4.72. The van der Waals surface area contributed by atoms with Crippen LogP contribution in [0.25, 0.3) is 0 Å². The third-order valence-corrected chi connectivity index (χ3v) is 3.32. The van der Waals surface area contributed by atoms with E-state index in [2.05, 4.69) is 19.2 Å². The molecule has 0 spiro atoms. The van der Waals surface area contributed by atoms with E-state index in [1.54, 1.807) is 0 Å². The lowest BCUT2D eigenvalue weighted by atomic mass is 10.2. The summed E-state index contributed by atoms with van der Waals surface area (Å²) in [5.74, 6) is 1.61. The number of nitrogen functional groups attached to an aromatic ring is 1. The standard InChI is InChI=1S/C14H22N2O/c1-3-8-17-13-7-5-6-11(14(13)15)16-12-9-10(12)4-2/h5-7,10,12,16H,3-4,8-9,15H2,1-2H3. The first kappa shape index (κ1) is 12.1. The van der Waals surface area contributed by atoms with Gasteiger partial charge in [-0.05, 0) is 30.9 Å². The molecule has 0 radical (unpaired) electrons. The minimum absolute atomic E-state index is 0.601. The van der Waals surface area contributed by atoms with E-state index in [0.717, 1.165) is 29.5 Å². The van der Waals surface area contributed by atoms with Crippen molar-refractivity contribution in [3.05, 3.63) is 18.2 Å². The van der Waals surface area contributed by atoms with Crippen LogP contribution in [0.3, 0.4) is 0 Å². The van der Waals surface area contributed by atoms with Crippen LogP contribution < -0.4 is 15.8 Å². The fraction of sp³-hybridized carbons (Fsp3) is 0.571. The van der Waals surface area contributed by atoms with Crippen LogP contribution in [0.1, 0.15) is 33.1 Å². The van der Waals surface area contributed by atoms with Crippen molar-refractivity contribution in [1.29, 1.82) is 0 Å². The SMILES string of the molecule is CCCOc1cccc(NC2CC2CC)c1N. The Bertz CT molecular complexity index is 378. The monoisotopic (exact) mass is 234 g/mol. The summed E-state index contributed by atoms with van der Waals surface area (Å²) in [6.45, 7) is 5.04. The lowest BCUT2D eigenvalue weighted by Gasteiger charge is -2.13. The van der Waals surface area contributed by atoms with Crippen molar-refractivity contribution >= 4 is 11.4 Å². The van der Waals surface area contributed by atoms with Gasteiger partial charge < -0.3 is 15.8 Å².